The number of nitrogens with one attached hydrogen (secondary N) is 1. The Morgan fingerprint density at radius 3 is 2.88 bits per heavy atom. The maximum Gasteiger partial charge on any atom is 0.243 e. The summed E-state index contributed by atoms with van der Waals surface area (Å²) < 4.78 is 5.37. The van der Waals surface area contributed by atoms with Crippen molar-refractivity contribution in [1.82, 2.24) is 5.48 Å². The van der Waals surface area contributed by atoms with E-state index in [0.717, 1.165) is 51.7 Å². The van der Waals surface area contributed by atoms with Crippen LogP contribution in [0.5, 0.6) is 0 Å². The molecule has 1 aliphatic heterocycles. The van der Waals surface area contributed by atoms with Gasteiger partial charge in [0.05, 0.1) is 6.10 Å². The van der Waals surface area contributed by atoms with Gasteiger partial charge in [-0.15, -0.1) is 0 Å². The van der Waals surface area contributed by atoms with Gasteiger partial charge >= 0.3 is 0 Å². The molecule has 5 heteroatoms. The van der Waals surface area contributed by atoms with Crippen molar-refractivity contribution in [2.24, 2.45) is 5.73 Å². The fourth-order valence-electron chi connectivity index (χ4n) is 1.83. The van der Waals surface area contributed by atoms with Crippen LogP contribution in [0.1, 0.15) is 44.9 Å². The second-order valence-electron chi connectivity index (χ2n) is 4.42. The lowest BCUT2D eigenvalue weighted by Crippen LogP contribution is -2.27. The molecule has 1 saturated heterocycles. The number of hydrogen-bond acceptors (Lipinski definition) is 4. The largest absolute Gasteiger partial charge is 0.376 e. The lowest BCUT2D eigenvalue weighted by molar-refractivity contribution is -0.136. The topological polar surface area (TPSA) is 73.6 Å². The number of nitrogens with two attached hydrogens (primary N) is 1. The third-order valence-electron chi connectivity index (χ3n) is 2.84. The van der Waals surface area contributed by atoms with E-state index >= 15 is 0 Å². The van der Waals surface area contributed by atoms with E-state index in [-0.39, 0.29) is 12.0 Å². The van der Waals surface area contributed by atoms with Crippen molar-refractivity contribution in [2.75, 3.05) is 19.8 Å². The number of amides is 1. The first kappa shape index (κ1) is 14.4. The normalized spacial score (nSPS) is 19.5. The van der Waals surface area contributed by atoms with E-state index in [2.05, 4.69) is 5.48 Å². The molecule has 5 nitrogen and oxygen atoms in total. The molecule has 1 aliphatic rings. The van der Waals surface area contributed by atoms with Crippen molar-refractivity contribution >= 4 is 5.91 Å². The van der Waals surface area contributed by atoms with Gasteiger partial charge in [-0.25, -0.2) is 5.48 Å². The monoisotopic (exact) mass is 244 g/mol. The summed E-state index contributed by atoms with van der Waals surface area (Å²) in [6, 6.07) is 0. The Morgan fingerprint density at radius 2 is 2.18 bits per heavy atom. The Bertz CT molecular complexity index is 206. The van der Waals surface area contributed by atoms with E-state index in [1.807, 2.05) is 0 Å². The Hall–Kier alpha value is -0.650. The molecule has 1 amide bonds. The maximum atomic E-state index is 11.3. The molecule has 3 N–H and O–H groups in total. The molecule has 0 radical (unpaired) electrons. The highest BCUT2D eigenvalue weighted by atomic mass is 16.7. The Morgan fingerprint density at radius 1 is 1.35 bits per heavy atom. The first-order chi connectivity index (χ1) is 8.33. The minimum absolute atomic E-state index is 0.0456. The number of carbonyl (C=O) groups excluding carboxylic acids is 1. The molecular formula is C12H24N2O3. The van der Waals surface area contributed by atoms with Crippen LogP contribution in [-0.4, -0.2) is 31.8 Å². The zero-order valence-corrected chi connectivity index (χ0v) is 10.5. The number of rotatable bonds is 9. The number of hydrogen-bond donors (Lipinski definition) is 2. The molecule has 1 rings (SSSR count). The second-order valence-corrected chi connectivity index (χ2v) is 4.42. The predicted molar refractivity (Wildman–Crippen MR) is 65.2 cm³/mol. The molecule has 0 aliphatic carbocycles. The molecule has 0 aromatic carbocycles. The standard InChI is InChI=1S/C12H24N2O3/c13-8-4-2-1-3-7-12(15)14-17-10-11-6-5-9-16-11/h11H,1-10,13H2,(H,14,15). The minimum atomic E-state index is -0.0456. The fraction of sp³-hybridized carbons (Fsp3) is 0.917. The van der Waals surface area contributed by atoms with E-state index in [0.29, 0.717) is 13.0 Å². The highest BCUT2D eigenvalue weighted by Crippen LogP contribution is 2.11. The van der Waals surface area contributed by atoms with Gasteiger partial charge in [-0.05, 0) is 32.2 Å². The molecule has 0 aromatic heterocycles. The van der Waals surface area contributed by atoms with Crippen LogP contribution in [0.3, 0.4) is 0 Å². The van der Waals surface area contributed by atoms with E-state index in [1.165, 1.54) is 0 Å². The highest BCUT2D eigenvalue weighted by Gasteiger charge is 2.15. The predicted octanol–water partition coefficient (Wildman–Crippen LogP) is 1.12. The lowest BCUT2D eigenvalue weighted by Gasteiger charge is -2.10. The summed E-state index contributed by atoms with van der Waals surface area (Å²) in [5, 5.41) is 0. The van der Waals surface area contributed by atoms with Crippen LogP contribution < -0.4 is 11.2 Å². The van der Waals surface area contributed by atoms with E-state index in [9.17, 15) is 4.79 Å². The Balaban J connectivity index is 1.86. The summed E-state index contributed by atoms with van der Waals surface area (Å²) in [6.45, 7) is 2.00. The molecule has 0 saturated carbocycles. The van der Waals surface area contributed by atoms with Gasteiger partial charge in [0.1, 0.15) is 6.61 Å². The van der Waals surface area contributed by atoms with Gasteiger partial charge < -0.3 is 10.5 Å². The summed E-state index contributed by atoms with van der Waals surface area (Å²) in [7, 11) is 0. The number of carbonyl (C=O) groups is 1. The number of ether oxygens (including phenoxy) is 1. The summed E-state index contributed by atoms with van der Waals surface area (Å²) in [5.41, 5.74) is 7.84. The summed E-state index contributed by atoms with van der Waals surface area (Å²) in [6.07, 6.45) is 6.87. The second kappa shape index (κ2) is 9.39. The van der Waals surface area contributed by atoms with Gasteiger partial charge in [0.2, 0.25) is 5.91 Å². The molecule has 1 atom stereocenters. The van der Waals surface area contributed by atoms with Crippen molar-refractivity contribution < 1.29 is 14.4 Å². The molecule has 1 fully saturated rings. The Kier molecular flexibility index (Phi) is 7.96. The van der Waals surface area contributed by atoms with Crippen molar-refractivity contribution in [2.45, 2.75) is 51.0 Å². The molecule has 17 heavy (non-hydrogen) atoms. The smallest absolute Gasteiger partial charge is 0.243 e. The van der Waals surface area contributed by atoms with E-state index in [4.69, 9.17) is 15.3 Å². The van der Waals surface area contributed by atoms with Crippen molar-refractivity contribution in [3.05, 3.63) is 0 Å². The third-order valence-corrected chi connectivity index (χ3v) is 2.84. The first-order valence-corrected chi connectivity index (χ1v) is 6.55. The van der Waals surface area contributed by atoms with Crippen molar-refractivity contribution in [3.8, 4) is 0 Å². The van der Waals surface area contributed by atoms with Gasteiger partial charge in [0.15, 0.2) is 0 Å². The van der Waals surface area contributed by atoms with Gasteiger partial charge in [0, 0.05) is 13.0 Å². The average molecular weight is 244 g/mol. The van der Waals surface area contributed by atoms with Crippen molar-refractivity contribution in [3.63, 3.8) is 0 Å². The average Bonchev–Trinajstić information content (AvgIpc) is 2.82. The van der Waals surface area contributed by atoms with Crippen LogP contribution in [-0.2, 0) is 14.4 Å². The maximum absolute atomic E-state index is 11.3. The fourth-order valence-corrected chi connectivity index (χ4v) is 1.83. The van der Waals surface area contributed by atoms with E-state index in [1.54, 1.807) is 0 Å². The molecule has 0 bridgehead atoms. The van der Waals surface area contributed by atoms with Crippen molar-refractivity contribution in [1.29, 1.82) is 0 Å². The highest BCUT2D eigenvalue weighted by molar-refractivity contribution is 5.74. The molecular weight excluding hydrogens is 220 g/mol. The SMILES string of the molecule is NCCCCCCC(=O)NOCC1CCCO1. The van der Waals surface area contributed by atoms with Crippen LogP contribution in [0.15, 0.2) is 0 Å². The van der Waals surface area contributed by atoms with E-state index < -0.39 is 0 Å². The number of unbranched alkanes of at least 4 members (excludes halogenated alkanes) is 3. The van der Waals surface area contributed by atoms with Crippen LogP contribution in [0.4, 0.5) is 0 Å². The molecule has 1 heterocycles. The quantitative estimate of drug-likeness (QED) is 0.471. The van der Waals surface area contributed by atoms with Crippen LogP contribution in [0.25, 0.3) is 0 Å². The molecule has 0 aromatic rings. The molecule has 0 spiro atoms. The van der Waals surface area contributed by atoms with Gasteiger partial charge in [-0.1, -0.05) is 12.8 Å². The third kappa shape index (κ3) is 7.31. The zero-order valence-electron chi connectivity index (χ0n) is 10.5. The number of hydroxylamine groups is 1. The Labute approximate surface area is 103 Å². The molecule has 1 unspecified atom stereocenters. The van der Waals surface area contributed by atoms with Gasteiger partial charge in [-0.2, -0.15) is 0 Å². The first-order valence-electron chi connectivity index (χ1n) is 6.55. The zero-order chi connectivity index (χ0) is 12.3. The summed E-state index contributed by atoms with van der Waals surface area (Å²) in [5.74, 6) is -0.0456. The lowest BCUT2D eigenvalue weighted by atomic mass is 10.1. The molecule has 100 valence electrons. The van der Waals surface area contributed by atoms with Gasteiger partial charge in [0.25, 0.3) is 0 Å². The summed E-state index contributed by atoms with van der Waals surface area (Å²) in [4.78, 5) is 16.5. The van der Waals surface area contributed by atoms with Gasteiger partial charge in [-0.3, -0.25) is 9.63 Å². The summed E-state index contributed by atoms with van der Waals surface area (Å²) >= 11 is 0. The minimum Gasteiger partial charge on any atom is -0.376 e. The van der Waals surface area contributed by atoms with Crippen LogP contribution in [0.2, 0.25) is 0 Å². The van der Waals surface area contributed by atoms with Crippen LogP contribution in [0, 0.1) is 0 Å². The van der Waals surface area contributed by atoms with Crippen LogP contribution >= 0.6 is 0 Å².